The fourth-order valence-electron chi connectivity index (χ4n) is 2.79. The summed E-state index contributed by atoms with van der Waals surface area (Å²) in [6, 6.07) is 13.1. The van der Waals surface area contributed by atoms with E-state index in [2.05, 4.69) is 15.6 Å². The molecule has 3 rings (SSSR count). The topological polar surface area (TPSA) is 79.8 Å². The average Bonchev–Trinajstić information content (AvgIpc) is 2.98. The van der Waals surface area contributed by atoms with Crippen LogP contribution in [0.5, 0.6) is 5.75 Å². The Hall–Kier alpha value is -2.80. The number of anilines is 1. The number of hydrogen-bond acceptors (Lipinski definition) is 5. The first-order chi connectivity index (χ1) is 13.0. The van der Waals surface area contributed by atoms with Gasteiger partial charge in [-0.3, -0.25) is 9.59 Å². The lowest BCUT2D eigenvalue weighted by atomic mass is 10.1. The van der Waals surface area contributed by atoms with E-state index in [0.29, 0.717) is 16.6 Å². The number of aliphatic imine (C=N–C) groups is 1. The van der Waals surface area contributed by atoms with Crippen molar-refractivity contribution in [2.75, 3.05) is 12.4 Å². The van der Waals surface area contributed by atoms with Gasteiger partial charge in [0.15, 0.2) is 5.17 Å². The highest BCUT2D eigenvalue weighted by atomic mass is 32.2. The molecule has 1 saturated heterocycles. The number of carbonyl (C=O) groups is 2. The van der Waals surface area contributed by atoms with E-state index >= 15 is 0 Å². The largest absolute Gasteiger partial charge is 0.495 e. The third-order valence-corrected chi connectivity index (χ3v) is 5.26. The average molecular weight is 383 g/mol. The molecule has 2 N–H and O–H groups in total. The van der Waals surface area contributed by atoms with E-state index < -0.39 is 5.25 Å². The number of benzene rings is 2. The number of ether oxygens (including phenoxy) is 1. The highest BCUT2D eigenvalue weighted by molar-refractivity contribution is 8.15. The van der Waals surface area contributed by atoms with Crippen LogP contribution in [0.3, 0.4) is 0 Å². The van der Waals surface area contributed by atoms with Crippen LogP contribution in [0.2, 0.25) is 0 Å². The number of amides is 2. The molecule has 27 heavy (non-hydrogen) atoms. The number of carbonyl (C=O) groups excluding carboxylic acids is 2. The minimum Gasteiger partial charge on any atom is -0.495 e. The second kappa shape index (κ2) is 8.26. The molecule has 1 atom stereocenters. The molecule has 1 aliphatic rings. The zero-order chi connectivity index (χ0) is 19.4. The van der Waals surface area contributed by atoms with E-state index in [0.717, 1.165) is 16.8 Å². The summed E-state index contributed by atoms with van der Waals surface area (Å²) in [7, 11) is 1.54. The van der Waals surface area contributed by atoms with Crippen LogP contribution < -0.4 is 15.4 Å². The Morgan fingerprint density at radius 1 is 1.19 bits per heavy atom. The maximum Gasteiger partial charge on any atom is 0.240 e. The van der Waals surface area contributed by atoms with Crippen molar-refractivity contribution in [3.8, 4) is 5.75 Å². The predicted molar refractivity (Wildman–Crippen MR) is 109 cm³/mol. The number of thioether (sulfide) groups is 1. The molecule has 1 fully saturated rings. The van der Waals surface area contributed by atoms with Crippen molar-refractivity contribution in [2.45, 2.75) is 25.5 Å². The van der Waals surface area contributed by atoms with Crippen molar-refractivity contribution in [1.82, 2.24) is 5.32 Å². The van der Waals surface area contributed by atoms with Crippen molar-refractivity contribution >= 4 is 40.1 Å². The smallest absolute Gasteiger partial charge is 0.240 e. The van der Waals surface area contributed by atoms with Crippen molar-refractivity contribution in [1.29, 1.82) is 0 Å². The number of methoxy groups -OCH3 is 1. The molecule has 0 unspecified atom stereocenters. The van der Waals surface area contributed by atoms with E-state index in [1.165, 1.54) is 11.8 Å². The number of rotatable bonds is 5. The summed E-state index contributed by atoms with van der Waals surface area (Å²) in [4.78, 5) is 29.2. The van der Waals surface area contributed by atoms with E-state index in [-0.39, 0.29) is 18.2 Å². The van der Waals surface area contributed by atoms with Crippen LogP contribution in [0.4, 0.5) is 11.4 Å². The number of aryl methyl sites for hydroxylation is 2. The molecule has 0 aliphatic carbocycles. The first kappa shape index (κ1) is 19.0. The minimum atomic E-state index is -0.511. The summed E-state index contributed by atoms with van der Waals surface area (Å²) in [6.07, 6.45) is 0.0559. The molecular formula is C20H21N3O3S. The number of amidine groups is 1. The summed E-state index contributed by atoms with van der Waals surface area (Å²) < 4.78 is 5.22. The van der Waals surface area contributed by atoms with Gasteiger partial charge in [0.05, 0.1) is 18.5 Å². The second-order valence-corrected chi connectivity index (χ2v) is 7.40. The molecule has 2 aromatic rings. The SMILES string of the molecule is COc1ccccc1NC(=O)C[C@H]1SC(=Nc2c(C)cccc2C)NC1=O. The Balaban J connectivity index is 1.67. The highest BCUT2D eigenvalue weighted by Crippen LogP contribution is 2.29. The molecule has 140 valence electrons. The Bertz CT molecular complexity index is 891. The van der Waals surface area contributed by atoms with Gasteiger partial charge in [0, 0.05) is 6.42 Å². The number of nitrogens with one attached hydrogen (secondary N) is 2. The normalized spacial score (nSPS) is 17.7. The van der Waals surface area contributed by atoms with Gasteiger partial charge in [-0.25, -0.2) is 4.99 Å². The molecule has 0 bridgehead atoms. The lowest BCUT2D eigenvalue weighted by Gasteiger charge is -2.10. The van der Waals surface area contributed by atoms with Crippen LogP contribution in [-0.2, 0) is 9.59 Å². The molecule has 2 amide bonds. The van der Waals surface area contributed by atoms with Crippen LogP contribution in [0.1, 0.15) is 17.5 Å². The van der Waals surface area contributed by atoms with Gasteiger partial charge < -0.3 is 15.4 Å². The number of para-hydroxylation sites is 3. The van der Waals surface area contributed by atoms with Gasteiger partial charge in [0.25, 0.3) is 0 Å². The summed E-state index contributed by atoms with van der Waals surface area (Å²) in [5.74, 6) is 0.118. The summed E-state index contributed by atoms with van der Waals surface area (Å²) >= 11 is 1.28. The van der Waals surface area contributed by atoms with Crippen LogP contribution >= 0.6 is 11.8 Å². The Morgan fingerprint density at radius 3 is 2.59 bits per heavy atom. The van der Waals surface area contributed by atoms with Crippen LogP contribution in [0.25, 0.3) is 0 Å². The van der Waals surface area contributed by atoms with Crippen LogP contribution in [0.15, 0.2) is 47.5 Å². The van der Waals surface area contributed by atoms with Crippen molar-refractivity contribution < 1.29 is 14.3 Å². The molecule has 1 aliphatic heterocycles. The van der Waals surface area contributed by atoms with Gasteiger partial charge in [0.1, 0.15) is 11.0 Å². The fraction of sp³-hybridized carbons (Fsp3) is 0.250. The van der Waals surface area contributed by atoms with Gasteiger partial charge in [0.2, 0.25) is 11.8 Å². The van der Waals surface area contributed by atoms with Gasteiger partial charge in [-0.2, -0.15) is 0 Å². The molecule has 6 nitrogen and oxygen atoms in total. The lowest BCUT2D eigenvalue weighted by Crippen LogP contribution is -2.28. The van der Waals surface area contributed by atoms with Gasteiger partial charge >= 0.3 is 0 Å². The van der Waals surface area contributed by atoms with Crippen molar-refractivity contribution in [3.63, 3.8) is 0 Å². The van der Waals surface area contributed by atoms with Crippen molar-refractivity contribution in [2.24, 2.45) is 4.99 Å². The fourth-order valence-corrected chi connectivity index (χ4v) is 3.77. The Labute approximate surface area is 162 Å². The predicted octanol–water partition coefficient (Wildman–Crippen LogP) is 3.56. The third-order valence-electron chi connectivity index (χ3n) is 4.18. The minimum absolute atomic E-state index is 0.0559. The molecule has 0 radical (unpaired) electrons. The molecular weight excluding hydrogens is 362 g/mol. The second-order valence-electron chi connectivity index (χ2n) is 6.21. The summed E-state index contributed by atoms with van der Waals surface area (Å²) in [6.45, 7) is 3.96. The maximum absolute atomic E-state index is 12.4. The van der Waals surface area contributed by atoms with Gasteiger partial charge in [-0.1, -0.05) is 42.1 Å². The zero-order valence-corrected chi connectivity index (χ0v) is 16.2. The van der Waals surface area contributed by atoms with Crippen LogP contribution in [0, 0.1) is 13.8 Å². The number of hydrogen-bond donors (Lipinski definition) is 2. The molecule has 0 spiro atoms. The Morgan fingerprint density at radius 2 is 1.89 bits per heavy atom. The van der Waals surface area contributed by atoms with Crippen LogP contribution in [-0.4, -0.2) is 29.3 Å². The summed E-state index contributed by atoms with van der Waals surface area (Å²) in [5, 5.41) is 5.57. The third kappa shape index (κ3) is 4.49. The maximum atomic E-state index is 12.4. The van der Waals surface area contributed by atoms with E-state index in [4.69, 9.17) is 4.74 Å². The highest BCUT2D eigenvalue weighted by Gasteiger charge is 2.32. The molecule has 7 heteroatoms. The first-order valence-corrected chi connectivity index (χ1v) is 9.41. The Kier molecular flexibility index (Phi) is 5.81. The summed E-state index contributed by atoms with van der Waals surface area (Å²) in [5.41, 5.74) is 3.50. The molecule has 2 aromatic carbocycles. The monoisotopic (exact) mass is 383 g/mol. The lowest BCUT2D eigenvalue weighted by molar-refractivity contribution is -0.122. The number of nitrogens with zero attached hydrogens (tertiary/aromatic N) is 1. The molecule has 0 aromatic heterocycles. The molecule has 1 heterocycles. The van der Waals surface area contributed by atoms with E-state index in [9.17, 15) is 9.59 Å². The van der Waals surface area contributed by atoms with Gasteiger partial charge in [-0.15, -0.1) is 0 Å². The van der Waals surface area contributed by atoms with Crippen molar-refractivity contribution in [3.05, 3.63) is 53.6 Å². The van der Waals surface area contributed by atoms with E-state index in [1.54, 1.807) is 19.2 Å². The molecule has 0 saturated carbocycles. The zero-order valence-electron chi connectivity index (χ0n) is 15.4. The quantitative estimate of drug-likeness (QED) is 0.827. The first-order valence-electron chi connectivity index (χ1n) is 8.53. The van der Waals surface area contributed by atoms with E-state index in [1.807, 2.05) is 44.2 Å². The van der Waals surface area contributed by atoms with Gasteiger partial charge in [-0.05, 0) is 37.1 Å². The standard InChI is InChI=1S/C20H21N3O3S/c1-12-7-6-8-13(2)18(12)22-20-23-19(25)16(27-20)11-17(24)21-14-9-4-5-10-15(14)26-3/h4-10,16H,11H2,1-3H3,(H,21,24)(H,22,23,25)/t16-/m1/s1.